The maximum atomic E-state index is 5.41. The first kappa shape index (κ1) is 13.9. The summed E-state index contributed by atoms with van der Waals surface area (Å²) in [4.78, 5) is 4.27. The van der Waals surface area contributed by atoms with Crippen LogP contribution in [0.5, 0.6) is 0 Å². The average Bonchev–Trinajstić information content (AvgIpc) is 2.95. The van der Waals surface area contributed by atoms with E-state index in [0.717, 1.165) is 18.7 Å². The number of rotatable bonds is 5. The van der Waals surface area contributed by atoms with Gasteiger partial charge in [0.25, 0.3) is 0 Å². The van der Waals surface area contributed by atoms with Crippen LogP contribution in [-0.2, 0) is 13.0 Å². The van der Waals surface area contributed by atoms with E-state index in [1.54, 1.807) is 6.26 Å². The zero-order valence-electron chi connectivity index (χ0n) is 12.2. The van der Waals surface area contributed by atoms with E-state index in [4.69, 9.17) is 4.42 Å². The molecule has 0 aliphatic rings. The van der Waals surface area contributed by atoms with Gasteiger partial charge in [0.15, 0.2) is 0 Å². The summed E-state index contributed by atoms with van der Waals surface area (Å²) >= 11 is 0. The second-order valence-corrected chi connectivity index (χ2v) is 6.03. The molecule has 2 rings (SSSR count). The van der Waals surface area contributed by atoms with Gasteiger partial charge in [-0.15, -0.1) is 0 Å². The molecule has 104 valence electrons. The Balaban J connectivity index is 2.02. The van der Waals surface area contributed by atoms with Crippen LogP contribution < -0.4 is 5.32 Å². The van der Waals surface area contributed by atoms with Crippen molar-refractivity contribution in [3.8, 4) is 0 Å². The first-order valence-corrected chi connectivity index (χ1v) is 6.74. The third-order valence-corrected chi connectivity index (χ3v) is 3.10. The number of nitrogens with one attached hydrogen (secondary N) is 1. The number of imidazole rings is 1. The van der Waals surface area contributed by atoms with Crippen molar-refractivity contribution in [2.24, 2.45) is 0 Å². The Kier molecular flexibility index (Phi) is 4.10. The maximum absolute atomic E-state index is 5.41. The Morgan fingerprint density at radius 2 is 2.21 bits per heavy atom. The summed E-state index contributed by atoms with van der Waals surface area (Å²) in [5, 5.41) is 3.49. The predicted molar refractivity (Wildman–Crippen MR) is 75.9 cm³/mol. The monoisotopic (exact) mass is 261 g/mol. The Bertz CT molecular complexity index is 494. The van der Waals surface area contributed by atoms with Crippen LogP contribution in [0.3, 0.4) is 0 Å². The molecule has 0 aliphatic carbocycles. The van der Waals surface area contributed by atoms with Gasteiger partial charge in [-0.3, -0.25) is 0 Å². The first-order chi connectivity index (χ1) is 8.96. The van der Waals surface area contributed by atoms with E-state index >= 15 is 0 Å². The Labute approximate surface area is 114 Å². The van der Waals surface area contributed by atoms with Crippen LogP contribution >= 0.6 is 0 Å². The van der Waals surface area contributed by atoms with Crippen LogP contribution in [0.4, 0.5) is 0 Å². The van der Waals surface area contributed by atoms with Crippen molar-refractivity contribution >= 4 is 0 Å². The number of hydrogen-bond donors (Lipinski definition) is 1. The van der Waals surface area contributed by atoms with E-state index in [9.17, 15) is 0 Å². The van der Waals surface area contributed by atoms with Gasteiger partial charge >= 0.3 is 0 Å². The van der Waals surface area contributed by atoms with Gasteiger partial charge in [-0.2, -0.15) is 0 Å². The molecule has 2 heterocycles. The van der Waals surface area contributed by atoms with Crippen molar-refractivity contribution in [3.63, 3.8) is 0 Å². The molecular weight excluding hydrogens is 238 g/mol. The van der Waals surface area contributed by atoms with Gasteiger partial charge in [-0.1, -0.05) is 0 Å². The minimum Gasteiger partial charge on any atom is -0.469 e. The van der Waals surface area contributed by atoms with Gasteiger partial charge in [0.1, 0.15) is 5.76 Å². The molecule has 0 aliphatic heterocycles. The predicted octanol–water partition coefficient (Wildman–Crippen LogP) is 3.17. The molecule has 19 heavy (non-hydrogen) atoms. The molecule has 0 saturated carbocycles. The summed E-state index contributed by atoms with van der Waals surface area (Å²) in [7, 11) is 0. The van der Waals surface area contributed by atoms with E-state index in [1.165, 1.54) is 5.69 Å². The fraction of sp³-hybridized carbons (Fsp3) is 0.533. The lowest BCUT2D eigenvalue weighted by molar-refractivity contribution is 0.400. The van der Waals surface area contributed by atoms with Crippen molar-refractivity contribution in [2.45, 2.75) is 52.2 Å². The SMILES string of the molecule is CC(Cc1ccco1)n1cncc1CNC(C)(C)C. The van der Waals surface area contributed by atoms with Crippen LogP contribution in [0, 0.1) is 0 Å². The van der Waals surface area contributed by atoms with Crippen LogP contribution in [-0.4, -0.2) is 15.1 Å². The molecule has 4 heteroatoms. The Morgan fingerprint density at radius 1 is 1.42 bits per heavy atom. The van der Waals surface area contributed by atoms with E-state index in [-0.39, 0.29) is 5.54 Å². The van der Waals surface area contributed by atoms with E-state index in [0.29, 0.717) is 6.04 Å². The fourth-order valence-corrected chi connectivity index (χ4v) is 2.04. The maximum Gasteiger partial charge on any atom is 0.105 e. The zero-order chi connectivity index (χ0) is 13.9. The summed E-state index contributed by atoms with van der Waals surface area (Å²) in [5.41, 5.74) is 1.31. The third kappa shape index (κ3) is 3.96. The zero-order valence-corrected chi connectivity index (χ0v) is 12.2. The fourth-order valence-electron chi connectivity index (χ4n) is 2.04. The molecule has 4 nitrogen and oxygen atoms in total. The lowest BCUT2D eigenvalue weighted by Gasteiger charge is -2.22. The van der Waals surface area contributed by atoms with Crippen molar-refractivity contribution < 1.29 is 4.42 Å². The lowest BCUT2D eigenvalue weighted by Crippen LogP contribution is -2.35. The van der Waals surface area contributed by atoms with Crippen LogP contribution in [0.2, 0.25) is 0 Å². The number of hydrogen-bond acceptors (Lipinski definition) is 3. The quantitative estimate of drug-likeness (QED) is 0.899. The van der Waals surface area contributed by atoms with Crippen molar-refractivity contribution in [1.29, 1.82) is 0 Å². The minimum absolute atomic E-state index is 0.110. The summed E-state index contributed by atoms with van der Waals surface area (Å²) in [6.07, 6.45) is 6.43. The number of aromatic nitrogens is 2. The van der Waals surface area contributed by atoms with Crippen molar-refractivity contribution in [3.05, 3.63) is 42.4 Å². The second kappa shape index (κ2) is 5.61. The molecule has 0 spiro atoms. The standard InChI is InChI=1S/C15H23N3O/c1-12(8-14-6-5-7-19-14)18-11-16-9-13(18)10-17-15(2,3)4/h5-7,9,11-12,17H,8,10H2,1-4H3. The van der Waals surface area contributed by atoms with E-state index in [1.807, 2.05) is 24.7 Å². The second-order valence-electron chi connectivity index (χ2n) is 6.03. The summed E-state index contributed by atoms with van der Waals surface area (Å²) in [5.74, 6) is 1.01. The number of nitrogens with zero attached hydrogens (tertiary/aromatic N) is 2. The first-order valence-electron chi connectivity index (χ1n) is 6.74. The molecule has 0 fully saturated rings. The summed E-state index contributed by atoms with van der Waals surface area (Å²) in [6, 6.07) is 4.28. The van der Waals surface area contributed by atoms with Crippen molar-refractivity contribution in [1.82, 2.24) is 14.9 Å². The van der Waals surface area contributed by atoms with Gasteiger partial charge < -0.3 is 14.3 Å². The van der Waals surface area contributed by atoms with Crippen LogP contribution in [0.1, 0.15) is 45.2 Å². The average molecular weight is 261 g/mol. The highest BCUT2D eigenvalue weighted by Crippen LogP contribution is 2.17. The topological polar surface area (TPSA) is 43.0 Å². The molecule has 0 amide bonds. The molecule has 2 aromatic heterocycles. The third-order valence-electron chi connectivity index (χ3n) is 3.10. The molecule has 1 atom stereocenters. The Morgan fingerprint density at radius 3 is 2.84 bits per heavy atom. The van der Waals surface area contributed by atoms with E-state index in [2.05, 4.69) is 42.6 Å². The molecule has 1 unspecified atom stereocenters. The largest absolute Gasteiger partial charge is 0.469 e. The van der Waals surface area contributed by atoms with Crippen LogP contribution in [0.15, 0.2) is 35.3 Å². The smallest absolute Gasteiger partial charge is 0.105 e. The van der Waals surface area contributed by atoms with Crippen molar-refractivity contribution in [2.75, 3.05) is 0 Å². The Hall–Kier alpha value is -1.55. The van der Waals surface area contributed by atoms with Gasteiger partial charge in [-0.25, -0.2) is 4.98 Å². The van der Waals surface area contributed by atoms with Gasteiger partial charge in [0.2, 0.25) is 0 Å². The highest BCUT2D eigenvalue weighted by Gasteiger charge is 2.14. The normalized spacial score (nSPS) is 13.7. The van der Waals surface area contributed by atoms with Gasteiger partial charge in [0, 0.05) is 30.7 Å². The van der Waals surface area contributed by atoms with Crippen LogP contribution in [0.25, 0.3) is 0 Å². The molecule has 0 radical (unpaired) electrons. The van der Waals surface area contributed by atoms with Gasteiger partial charge in [-0.05, 0) is 39.8 Å². The highest BCUT2D eigenvalue weighted by atomic mass is 16.3. The van der Waals surface area contributed by atoms with Gasteiger partial charge in [0.05, 0.1) is 18.3 Å². The molecule has 0 aromatic carbocycles. The summed E-state index contributed by atoms with van der Waals surface area (Å²) in [6.45, 7) is 9.51. The minimum atomic E-state index is 0.110. The molecule has 0 saturated heterocycles. The molecule has 1 N–H and O–H groups in total. The lowest BCUT2D eigenvalue weighted by atomic mass is 10.1. The molecular formula is C15H23N3O. The highest BCUT2D eigenvalue weighted by molar-refractivity contribution is 5.04. The number of furan rings is 1. The van der Waals surface area contributed by atoms with E-state index < -0.39 is 0 Å². The molecule has 0 bridgehead atoms. The molecule has 2 aromatic rings. The summed E-state index contributed by atoms with van der Waals surface area (Å²) < 4.78 is 7.62.